The van der Waals surface area contributed by atoms with Gasteiger partial charge >= 0.3 is 0 Å². The molecule has 26 heavy (non-hydrogen) atoms. The molecule has 5 heteroatoms. The van der Waals surface area contributed by atoms with Gasteiger partial charge in [-0.3, -0.25) is 9.59 Å². The maximum Gasteiger partial charge on any atom is 0.222 e. The lowest BCUT2D eigenvalue weighted by atomic mass is 9.75. The van der Waals surface area contributed by atoms with Crippen molar-refractivity contribution in [2.75, 3.05) is 26.9 Å². The van der Waals surface area contributed by atoms with Gasteiger partial charge in [-0.1, -0.05) is 33.1 Å². The summed E-state index contributed by atoms with van der Waals surface area (Å²) in [4.78, 5) is 23.6. The molecule has 2 aliphatic carbocycles. The van der Waals surface area contributed by atoms with Crippen molar-refractivity contribution in [3.8, 4) is 0 Å². The minimum absolute atomic E-state index is 0. The predicted octanol–water partition coefficient (Wildman–Crippen LogP) is 3.99. The largest absolute Gasteiger partial charge is 0.385 e. The lowest BCUT2D eigenvalue weighted by Crippen LogP contribution is -2.47. The fourth-order valence-corrected chi connectivity index (χ4v) is 3.51. The number of amides is 1. The molecular formula is C21H41NO4. The van der Waals surface area contributed by atoms with Gasteiger partial charge in [0.2, 0.25) is 5.91 Å². The molecule has 1 amide bonds. The zero-order valence-corrected chi connectivity index (χ0v) is 17.2. The monoisotopic (exact) mass is 371 g/mol. The van der Waals surface area contributed by atoms with Gasteiger partial charge in [0.25, 0.3) is 0 Å². The van der Waals surface area contributed by atoms with Crippen molar-refractivity contribution in [2.45, 2.75) is 78.2 Å². The number of carbonyl (C=O) groups excluding carboxylic acids is 2. The molecule has 0 heterocycles. The average Bonchev–Trinajstić information content (AvgIpc) is 2.62. The first-order valence-electron chi connectivity index (χ1n) is 10.4. The summed E-state index contributed by atoms with van der Waals surface area (Å²) in [5.74, 6) is 1.36. The van der Waals surface area contributed by atoms with Crippen LogP contribution in [0.1, 0.15) is 73.6 Å². The summed E-state index contributed by atoms with van der Waals surface area (Å²) in [5, 5.41) is 3.01. The summed E-state index contributed by atoms with van der Waals surface area (Å²) in [6.07, 6.45) is 8.63. The van der Waals surface area contributed by atoms with E-state index in [1.165, 1.54) is 32.1 Å². The van der Waals surface area contributed by atoms with Crippen LogP contribution in [0.2, 0.25) is 0 Å². The second-order valence-electron chi connectivity index (χ2n) is 7.90. The Kier molecular flexibility index (Phi) is 11.8. The summed E-state index contributed by atoms with van der Waals surface area (Å²) >= 11 is 0. The second kappa shape index (κ2) is 13.3. The van der Waals surface area contributed by atoms with E-state index >= 15 is 0 Å². The number of ketones is 1. The molecule has 0 unspecified atom stereocenters. The number of Topliss-reactive ketones (excluding diaryl/α,β-unsaturated/α-hetero) is 1. The SMILES string of the molecule is CC(C)C(=O)C1CC(NC(=O)CCOCC2CCCCC2)C1.CCOC.[HH]. The number of hydrogen-bond donors (Lipinski definition) is 1. The van der Waals surface area contributed by atoms with Crippen LogP contribution in [0.4, 0.5) is 0 Å². The van der Waals surface area contributed by atoms with Gasteiger partial charge in [0, 0.05) is 46.0 Å². The topological polar surface area (TPSA) is 64.6 Å². The highest BCUT2D eigenvalue weighted by Crippen LogP contribution is 2.30. The Morgan fingerprint density at radius 2 is 1.77 bits per heavy atom. The van der Waals surface area contributed by atoms with Gasteiger partial charge in [-0.15, -0.1) is 0 Å². The highest BCUT2D eigenvalue weighted by molar-refractivity contribution is 5.84. The third-order valence-corrected chi connectivity index (χ3v) is 5.32. The maximum atomic E-state index is 11.8. The molecule has 5 nitrogen and oxygen atoms in total. The van der Waals surface area contributed by atoms with Gasteiger partial charge in [0.1, 0.15) is 5.78 Å². The van der Waals surface area contributed by atoms with Crippen LogP contribution in [0.3, 0.4) is 0 Å². The van der Waals surface area contributed by atoms with Crippen molar-refractivity contribution < 1.29 is 20.5 Å². The first kappa shape index (κ1) is 23.1. The molecule has 0 aromatic carbocycles. The van der Waals surface area contributed by atoms with Gasteiger partial charge in [0.15, 0.2) is 0 Å². The van der Waals surface area contributed by atoms with Gasteiger partial charge in [-0.25, -0.2) is 0 Å². The third-order valence-electron chi connectivity index (χ3n) is 5.32. The normalized spacial score (nSPS) is 23.0. The van der Waals surface area contributed by atoms with Crippen molar-refractivity contribution in [2.24, 2.45) is 17.8 Å². The Labute approximate surface area is 161 Å². The molecule has 0 saturated heterocycles. The molecule has 0 aromatic heterocycles. The van der Waals surface area contributed by atoms with E-state index < -0.39 is 0 Å². The van der Waals surface area contributed by atoms with Crippen molar-refractivity contribution in [3.05, 3.63) is 0 Å². The Morgan fingerprint density at radius 1 is 1.15 bits per heavy atom. The number of methoxy groups -OCH3 is 1. The van der Waals surface area contributed by atoms with E-state index in [0.29, 0.717) is 24.7 Å². The van der Waals surface area contributed by atoms with Crippen LogP contribution in [-0.2, 0) is 19.1 Å². The first-order chi connectivity index (χ1) is 12.5. The zero-order chi connectivity index (χ0) is 19.4. The van der Waals surface area contributed by atoms with E-state index in [1.807, 2.05) is 20.8 Å². The second-order valence-corrected chi connectivity index (χ2v) is 7.90. The van der Waals surface area contributed by atoms with Crippen LogP contribution in [-0.4, -0.2) is 44.7 Å². The van der Waals surface area contributed by atoms with Crippen molar-refractivity contribution in [1.82, 2.24) is 5.32 Å². The standard InChI is InChI=1S/C18H31NO3.C3H8O.H2/c1-13(2)18(21)15-10-16(11-15)19-17(20)8-9-22-12-14-6-4-3-5-7-14;1-3-4-2;/h13-16H,3-12H2,1-2H3,(H,19,20);3H2,1-2H3;1H. The quantitative estimate of drug-likeness (QED) is 0.622. The fourth-order valence-electron chi connectivity index (χ4n) is 3.51. The molecule has 2 rings (SSSR count). The average molecular weight is 372 g/mol. The number of hydrogen-bond acceptors (Lipinski definition) is 4. The maximum absolute atomic E-state index is 11.8. The molecular weight excluding hydrogens is 330 g/mol. The Balaban J connectivity index is 0.00000123. The fraction of sp³-hybridized carbons (Fsp3) is 0.905. The molecule has 2 fully saturated rings. The lowest BCUT2D eigenvalue weighted by Gasteiger charge is -2.35. The molecule has 0 atom stereocenters. The molecule has 154 valence electrons. The zero-order valence-electron chi connectivity index (χ0n) is 17.2. The van der Waals surface area contributed by atoms with Crippen LogP contribution < -0.4 is 5.32 Å². The third kappa shape index (κ3) is 9.13. The number of carbonyl (C=O) groups is 2. The molecule has 1 N–H and O–H groups in total. The van der Waals surface area contributed by atoms with E-state index in [2.05, 4.69) is 10.1 Å². The van der Waals surface area contributed by atoms with Crippen LogP contribution in [0.25, 0.3) is 0 Å². The summed E-state index contributed by atoms with van der Waals surface area (Å²) in [6, 6.07) is 0.193. The lowest BCUT2D eigenvalue weighted by molar-refractivity contribution is -0.131. The van der Waals surface area contributed by atoms with Gasteiger partial charge in [-0.05, 0) is 38.5 Å². The number of ether oxygens (including phenoxy) is 2. The van der Waals surface area contributed by atoms with E-state index in [1.54, 1.807) is 7.11 Å². The molecule has 0 aromatic rings. The Hall–Kier alpha value is -0.940. The Morgan fingerprint density at radius 3 is 2.31 bits per heavy atom. The van der Waals surface area contributed by atoms with E-state index in [-0.39, 0.29) is 25.2 Å². The smallest absolute Gasteiger partial charge is 0.222 e. The van der Waals surface area contributed by atoms with Crippen LogP contribution >= 0.6 is 0 Å². The molecule has 0 spiro atoms. The highest BCUT2D eigenvalue weighted by Gasteiger charge is 2.35. The minimum Gasteiger partial charge on any atom is -0.385 e. The summed E-state index contributed by atoms with van der Waals surface area (Å²) < 4.78 is 10.2. The van der Waals surface area contributed by atoms with Crippen molar-refractivity contribution in [3.63, 3.8) is 0 Å². The van der Waals surface area contributed by atoms with Gasteiger partial charge in [-0.2, -0.15) is 0 Å². The Bertz CT molecular complexity index is 403. The molecule has 0 aliphatic heterocycles. The predicted molar refractivity (Wildman–Crippen MR) is 106 cm³/mol. The summed E-state index contributed by atoms with van der Waals surface area (Å²) in [6.45, 7) is 7.99. The van der Waals surface area contributed by atoms with Gasteiger partial charge in [0.05, 0.1) is 6.61 Å². The van der Waals surface area contributed by atoms with Crippen LogP contribution in [0.15, 0.2) is 0 Å². The summed E-state index contributed by atoms with van der Waals surface area (Å²) in [7, 11) is 1.68. The van der Waals surface area contributed by atoms with Crippen LogP contribution in [0, 0.1) is 17.8 Å². The van der Waals surface area contributed by atoms with Crippen molar-refractivity contribution in [1.29, 1.82) is 0 Å². The first-order valence-corrected chi connectivity index (χ1v) is 10.4. The van der Waals surface area contributed by atoms with E-state index in [9.17, 15) is 9.59 Å². The molecule has 0 bridgehead atoms. The van der Waals surface area contributed by atoms with E-state index in [4.69, 9.17) is 4.74 Å². The summed E-state index contributed by atoms with van der Waals surface area (Å²) in [5.41, 5.74) is 0. The minimum atomic E-state index is 0. The number of nitrogens with one attached hydrogen (secondary N) is 1. The van der Waals surface area contributed by atoms with E-state index in [0.717, 1.165) is 26.1 Å². The van der Waals surface area contributed by atoms with Crippen LogP contribution in [0.5, 0.6) is 0 Å². The van der Waals surface area contributed by atoms with Gasteiger partial charge < -0.3 is 14.8 Å². The molecule has 0 radical (unpaired) electrons. The number of rotatable bonds is 9. The molecule has 2 aliphatic rings. The van der Waals surface area contributed by atoms with Crippen molar-refractivity contribution >= 4 is 11.7 Å². The molecule has 2 saturated carbocycles. The highest BCUT2D eigenvalue weighted by atomic mass is 16.5.